The number of hydrogen-bond donors (Lipinski definition) is 3. The number of methoxy groups -OCH3 is 3. The number of aliphatic hydroxyl groups excluding tert-OH is 3. The molecule has 3 N–H and O–H groups in total. The first-order valence-corrected chi connectivity index (χ1v) is 8.95. The van der Waals surface area contributed by atoms with Gasteiger partial charge >= 0.3 is 0 Å². The SMILES string of the molecule is CC.COCC1OC(C)C(OC)C(OC2OCC(OC)C(O)C2O)C1O. The first-order chi connectivity index (χ1) is 12.4. The average molecular weight is 382 g/mol. The monoisotopic (exact) mass is 382 g/mol. The van der Waals surface area contributed by atoms with Gasteiger partial charge in [-0.25, -0.2) is 0 Å². The van der Waals surface area contributed by atoms with Gasteiger partial charge in [0.15, 0.2) is 6.29 Å². The van der Waals surface area contributed by atoms with Crippen molar-refractivity contribution in [2.24, 2.45) is 0 Å². The van der Waals surface area contributed by atoms with Crippen molar-refractivity contribution in [2.75, 3.05) is 34.5 Å². The Labute approximate surface area is 155 Å². The van der Waals surface area contributed by atoms with E-state index in [0.717, 1.165) is 0 Å². The normalized spacial score (nSPS) is 43.5. The molecule has 0 aromatic heterocycles. The molecule has 156 valence electrons. The Bertz CT molecular complexity index is 383. The van der Waals surface area contributed by atoms with Crippen molar-refractivity contribution in [2.45, 2.75) is 75.9 Å². The van der Waals surface area contributed by atoms with Gasteiger partial charge < -0.3 is 43.7 Å². The van der Waals surface area contributed by atoms with E-state index in [9.17, 15) is 15.3 Å². The van der Waals surface area contributed by atoms with Gasteiger partial charge in [-0.1, -0.05) is 13.8 Å². The van der Waals surface area contributed by atoms with E-state index < -0.39 is 49.0 Å². The lowest BCUT2D eigenvalue weighted by molar-refractivity contribution is -0.326. The fraction of sp³-hybridized carbons (Fsp3) is 1.00. The van der Waals surface area contributed by atoms with Crippen molar-refractivity contribution < 1.29 is 43.7 Å². The Morgan fingerprint density at radius 3 is 2.12 bits per heavy atom. The Balaban J connectivity index is 0.00000163. The Morgan fingerprint density at radius 1 is 0.923 bits per heavy atom. The maximum Gasteiger partial charge on any atom is 0.186 e. The van der Waals surface area contributed by atoms with Gasteiger partial charge in [-0.3, -0.25) is 0 Å². The molecule has 0 spiro atoms. The predicted octanol–water partition coefficient (Wildman–Crippen LogP) is -0.699. The van der Waals surface area contributed by atoms with Gasteiger partial charge in [0.25, 0.3) is 0 Å². The first-order valence-electron chi connectivity index (χ1n) is 8.95. The molecule has 2 rings (SSSR count). The van der Waals surface area contributed by atoms with Gasteiger partial charge in [0, 0.05) is 21.3 Å². The molecule has 0 saturated carbocycles. The van der Waals surface area contributed by atoms with Crippen molar-refractivity contribution in [1.82, 2.24) is 0 Å². The van der Waals surface area contributed by atoms with E-state index in [0.29, 0.717) is 0 Å². The summed E-state index contributed by atoms with van der Waals surface area (Å²) >= 11 is 0. The second-order valence-electron chi connectivity index (χ2n) is 6.08. The molecule has 9 unspecified atom stereocenters. The second-order valence-corrected chi connectivity index (χ2v) is 6.08. The Morgan fingerprint density at radius 2 is 1.58 bits per heavy atom. The molecule has 2 heterocycles. The summed E-state index contributed by atoms with van der Waals surface area (Å²) in [5.74, 6) is 0. The summed E-state index contributed by atoms with van der Waals surface area (Å²) in [5.41, 5.74) is 0. The molecule has 9 heteroatoms. The van der Waals surface area contributed by atoms with Crippen molar-refractivity contribution in [3.05, 3.63) is 0 Å². The van der Waals surface area contributed by atoms with E-state index in [4.69, 9.17) is 28.4 Å². The quantitative estimate of drug-likeness (QED) is 0.548. The molecule has 0 aromatic carbocycles. The summed E-state index contributed by atoms with van der Waals surface area (Å²) < 4.78 is 32.4. The molecule has 2 aliphatic rings. The van der Waals surface area contributed by atoms with Crippen molar-refractivity contribution in [3.63, 3.8) is 0 Å². The van der Waals surface area contributed by atoms with Gasteiger partial charge in [-0.15, -0.1) is 0 Å². The molecule has 9 nitrogen and oxygen atoms in total. The highest BCUT2D eigenvalue weighted by molar-refractivity contribution is 4.94. The lowest BCUT2D eigenvalue weighted by atomic mass is 9.95. The molecule has 0 aliphatic carbocycles. The van der Waals surface area contributed by atoms with E-state index in [-0.39, 0.29) is 19.3 Å². The molecule has 9 atom stereocenters. The van der Waals surface area contributed by atoms with E-state index in [1.165, 1.54) is 21.3 Å². The van der Waals surface area contributed by atoms with Crippen LogP contribution in [0.25, 0.3) is 0 Å². The van der Waals surface area contributed by atoms with Gasteiger partial charge in [-0.05, 0) is 6.92 Å². The van der Waals surface area contributed by atoms with Crippen LogP contribution in [0, 0.1) is 0 Å². The molecule has 2 aliphatic heterocycles. The first kappa shape index (κ1) is 23.7. The fourth-order valence-corrected chi connectivity index (χ4v) is 3.14. The minimum atomic E-state index is -1.31. The summed E-state index contributed by atoms with van der Waals surface area (Å²) in [6.07, 6.45) is -7.61. The highest BCUT2D eigenvalue weighted by Gasteiger charge is 2.48. The average Bonchev–Trinajstić information content (AvgIpc) is 2.65. The lowest BCUT2D eigenvalue weighted by Gasteiger charge is -2.45. The van der Waals surface area contributed by atoms with E-state index in [1.54, 1.807) is 6.92 Å². The zero-order chi connectivity index (χ0) is 19.9. The van der Waals surface area contributed by atoms with Crippen LogP contribution < -0.4 is 0 Å². The molecule has 0 aromatic rings. The fourth-order valence-electron chi connectivity index (χ4n) is 3.14. The van der Waals surface area contributed by atoms with Crippen LogP contribution in [0.3, 0.4) is 0 Å². The molecule has 0 amide bonds. The maximum atomic E-state index is 10.5. The van der Waals surface area contributed by atoms with Crippen LogP contribution in [0.15, 0.2) is 0 Å². The van der Waals surface area contributed by atoms with Crippen LogP contribution in [0.4, 0.5) is 0 Å². The molecule has 0 bridgehead atoms. The third-order valence-electron chi connectivity index (χ3n) is 4.52. The Kier molecular flexibility index (Phi) is 10.5. The second kappa shape index (κ2) is 11.5. The number of ether oxygens (including phenoxy) is 6. The van der Waals surface area contributed by atoms with Crippen LogP contribution in [-0.4, -0.2) is 105 Å². The Hall–Kier alpha value is -0.360. The van der Waals surface area contributed by atoms with Crippen LogP contribution >= 0.6 is 0 Å². The highest BCUT2D eigenvalue weighted by Crippen LogP contribution is 2.29. The zero-order valence-electron chi connectivity index (χ0n) is 16.4. The molecule has 26 heavy (non-hydrogen) atoms. The predicted molar refractivity (Wildman–Crippen MR) is 91.8 cm³/mol. The summed E-state index contributed by atoms with van der Waals surface area (Å²) in [6.45, 7) is 6.05. The minimum absolute atomic E-state index is 0.0629. The molecule has 2 saturated heterocycles. The third-order valence-corrected chi connectivity index (χ3v) is 4.52. The van der Waals surface area contributed by atoms with Crippen LogP contribution in [0.2, 0.25) is 0 Å². The molecular formula is C17H34O9. The van der Waals surface area contributed by atoms with E-state index in [1.807, 2.05) is 13.8 Å². The zero-order valence-corrected chi connectivity index (χ0v) is 16.4. The van der Waals surface area contributed by atoms with Crippen LogP contribution in [0.5, 0.6) is 0 Å². The number of hydrogen-bond acceptors (Lipinski definition) is 9. The summed E-state index contributed by atoms with van der Waals surface area (Å²) in [4.78, 5) is 0. The molecular weight excluding hydrogens is 348 g/mol. The van der Waals surface area contributed by atoms with Gasteiger partial charge in [0.1, 0.15) is 42.7 Å². The molecule has 0 radical (unpaired) electrons. The van der Waals surface area contributed by atoms with Gasteiger partial charge in [-0.2, -0.15) is 0 Å². The lowest BCUT2D eigenvalue weighted by Crippen LogP contribution is -2.63. The van der Waals surface area contributed by atoms with Crippen LogP contribution in [0.1, 0.15) is 20.8 Å². The van der Waals surface area contributed by atoms with Crippen molar-refractivity contribution in [1.29, 1.82) is 0 Å². The third kappa shape index (κ3) is 5.34. The van der Waals surface area contributed by atoms with E-state index in [2.05, 4.69) is 0 Å². The number of aliphatic hydroxyl groups is 3. The maximum absolute atomic E-state index is 10.5. The minimum Gasteiger partial charge on any atom is -0.387 e. The summed E-state index contributed by atoms with van der Waals surface area (Å²) in [5, 5.41) is 30.8. The van der Waals surface area contributed by atoms with Crippen LogP contribution in [-0.2, 0) is 28.4 Å². The van der Waals surface area contributed by atoms with Crippen molar-refractivity contribution >= 4 is 0 Å². The summed E-state index contributed by atoms with van der Waals surface area (Å²) in [7, 11) is 4.41. The topological polar surface area (TPSA) is 116 Å². The van der Waals surface area contributed by atoms with Gasteiger partial charge in [0.05, 0.1) is 19.3 Å². The van der Waals surface area contributed by atoms with E-state index >= 15 is 0 Å². The standard InChI is InChI=1S/C15H28O9.C2H6/c1-7-13(21-4)14(11(17)9(23-7)5-19-2)24-15-12(18)10(16)8(20-3)6-22-15;1-2/h7-18H,5-6H2,1-4H3;1-2H3. The van der Waals surface area contributed by atoms with Gasteiger partial charge in [0.2, 0.25) is 0 Å². The molecule has 2 fully saturated rings. The number of rotatable bonds is 6. The highest BCUT2D eigenvalue weighted by atomic mass is 16.7. The smallest absolute Gasteiger partial charge is 0.186 e. The summed E-state index contributed by atoms with van der Waals surface area (Å²) in [6, 6.07) is 0. The van der Waals surface area contributed by atoms with Crippen molar-refractivity contribution in [3.8, 4) is 0 Å². The largest absolute Gasteiger partial charge is 0.387 e.